The second-order valence-electron chi connectivity index (χ2n) is 20.2. The topological polar surface area (TPSA) is 231 Å². The number of ether oxygens (including phenoxy) is 3. The highest BCUT2D eigenvalue weighted by Crippen LogP contribution is 2.30. The van der Waals surface area contributed by atoms with E-state index in [-0.39, 0.29) is 55.9 Å². The SMILES string of the molecule is CNC(=O)CO/N=C1/C=CCC/C=C/CCOC(=O)c2c(C)cc(C)c(Cl)c2C1.CNC(=O)CO/N=C1/C=CCC/C=C/CCOC(=O)c2c(C)cc(C)cc2C1.CNC(=O)CO/N=C1\C=CCC/C=C/CCOC(=O)c2c(C)cc(C)cc2C1. The fraction of sp³-hybridized carbons (Fsp3) is 0.409. The number of fused-ring (bicyclic) bond motifs is 3. The van der Waals surface area contributed by atoms with Crippen LogP contribution in [0.1, 0.15) is 139 Å². The summed E-state index contributed by atoms with van der Waals surface area (Å²) in [5.41, 5.74) is 11.3. The molecule has 0 spiro atoms. The molecule has 0 fully saturated rings. The van der Waals surface area contributed by atoms with Gasteiger partial charge in [0.1, 0.15) is 0 Å². The number of hydrogen-bond acceptors (Lipinski definition) is 15. The summed E-state index contributed by atoms with van der Waals surface area (Å²) in [6.45, 7) is 12.1. The molecule has 0 atom stereocenters. The van der Waals surface area contributed by atoms with Crippen molar-refractivity contribution in [3.8, 4) is 0 Å². The number of carbonyl (C=O) groups is 6. The number of likely N-dealkylation sites (N-methyl/N-ethyl adjacent to an activating group) is 3. The fourth-order valence-corrected chi connectivity index (χ4v) is 9.18. The van der Waals surface area contributed by atoms with E-state index in [1.54, 1.807) is 14.1 Å². The molecule has 3 aromatic rings. The summed E-state index contributed by atoms with van der Waals surface area (Å²) in [5, 5.41) is 20.3. The lowest BCUT2D eigenvalue weighted by molar-refractivity contribution is -0.125. The van der Waals surface area contributed by atoms with Gasteiger partial charge in [0.25, 0.3) is 17.7 Å². The largest absolute Gasteiger partial charge is 0.462 e. The molecule has 0 saturated heterocycles. The number of hydrogen-bond donors (Lipinski definition) is 3. The van der Waals surface area contributed by atoms with Crippen LogP contribution < -0.4 is 16.0 Å². The highest BCUT2D eigenvalue weighted by atomic mass is 35.5. The first-order valence-electron chi connectivity index (χ1n) is 28.6. The summed E-state index contributed by atoms with van der Waals surface area (Å²) >= 11 is 6.57. The van der Waals surface area contributed by atoms with Gasteiger partial charge in [0.2, 0.25) is 0 Å². The van der Waals surface area contributed by atoms with Gasteiger partial charge in [-0.25, -0.2) is 14.4 Å². The number of allylic oxidation sites excluding steroid dienone is 9. The summed E-state index contributed by atoms with van der Waals surface area (Å²) in [5.74, 6) is -1.84. The molecule has 3 aromatic carbocycles. The van der Waals surface area contributed by atoms with Crippen molar-refractivity contribution in [2.24, 2.45) is 15.5 Å². The molecule has 3 aliphatic heterocycles. The summed E-state index contributed by atoms with van der Waals surface area (Å²) in [6, 6.07) is 9.75. The van der Waals surface area contributed by atoms with Crippen LogP contribution in [0.25, 0.3) is 0 Å². The van der Waals surface area contributed by atoms with Crippen LogP contribution in [0.3, 0.4) is 0 Å². The Labute approximate surface area is 505 Å². The first kappa shape index (κ1) is 69.1. The van der Waals surface area contributed by atoms with Crippen molar-refractivity contribution in [1.29, 1.82) is 0 Å². The third-order valence-electron chi connectivity index (χ3n) is 13.0. The molecule has 3 amide bonds. The summed E-state index contributed by atoms with van der Waals surface area (Å²) in [6.07, 6.45) is 32.3. The number of rotatable bonds is 9. The second kappa shape index (κ2) is 38.5. The molecule has 0 aliphatic carbocycles. The fourth-order valence-electron chi connectivity index (χ4n) is 8.96. The van der Waals surface area contributed by atoms with Crippen LogP contribution in [0, 0.1) is 41.5 Å². The number of cyclic esters (lactones) is 3. The number of aryl methyl sites for hydroxylation is 6. The molecule has 3 aliphatic rings. The Morgan fingerprint density at radius 2 is 0.753 bits per heavy atom. The highest BCUT2D eigenvalue weighted by molar-refractivity contribution is 6.33. The van der Waals surface area contributed by atoms with Crippen LogP contribution in [-0.2, 0) is 62.4 Å². The van der Waals surface area contributed by atoms with Gasteiger partial charge in [-0.05, 0) is 157 Å². The Balaban J connectivity index is 0.000000273. The number of oxime groups is 3. The molecule has 6 rings (SSSR count). The van der Waals surface area contributed by atoms with E-state index in [4.69, 9.17) is 40.3 Å². The molecule has 0 unspecified atom stereocenters. The molecule has 456 valence electrons. The van der Waals surface area contributed by atoms with Gasteiger partial charge in [0, 0.05) is 45.4 Å². The smallest absolute Gasteiger partial charge is 0.338 e. The maximum absolute atomic E-state index is 12.8. The lowest BCUT2D eigenvalue weighted by Crippen LogP contribution is -2.22. The zero-order valence-electron chi connectivity index (χ0n) is 50.7. The van der Waals surface area contributed by atoms with Crippen LogP contribution in [-0.4, -0.2) is 114 Å². The number of halogens is 1. The standard InChI is InChI=1S/C22H27ClN2O4.2C22H28N2O4/c1-15-12-16(2)21(23)18-13-17(25-29-14-19(26)24-3)10-8-6-4-5-7-9-11-28-22(27)20(15)18;2*1-16-12-17(2)21-18(13-16)14-19(24-28-15-20(25)23-3)10-8-6-4-5-7-9-11-27-22(21)26/h5,7-8,10,12H,4,6,9,11,13-14H2,1-3H3,(H,24,26);2*5,7-8,10,12-13H,4,6,9,11,14-15H2,1-3H3,(H,23,25)/b7-5+,10-8?,25-17-;7-5+,10-8?,24-19+;7-5+,10-8?,24-19-. The Bertz CT molecular complexity index is 2940. The summed E-state index contributed by atoms with van der Waals surface area (Å²) < 4.78 is 16.4. The quantitative estimate of drug-likeness (QED) is 0.0786. The van der Waals surface area contributed by atoms with Crippen LogP contribution in [0.2, 0.25) is 5.02 Å². The number of esters is 3. The minimum Gasteiger partial charge on any atom is -0.462 e. The maximum atomic E-state index is 12.8. The van der Waals surface area contributed by atoms with E-state index in [9.17, 15) is 28.8 Å². The number of carbonyl (C=O) groups excluding carboxylic acids is 6. The predicted octanol–water partition coefficient (Wildman–Crippen LogP) is 10.9. The van der Waals surface area contributed by atoms with Crippen molar-refractivity contribution in [3.05, 3.63) is 175 Å². The van der Waals surface area contributed by atoms with Crippen molar-refractivity contribution >= 4 is 64.4 Å². The molecular formula is C66H83ClN6O12. The molecule has 19 heteroatoms. The monoisotopic (exact) mass is 1190 g/mol. The van der Waals surface area contributed by atoms with Crippen molar-refractivity contribution in [3.63, 3.8) is 0 Å². The summed E-state index contributed by atoms with van der Waals surface area (Å²) in [7, 11) is 4.61. The number of nitrogens with zero attached hydrogens (tertiary/aromatic N) is 3. The normalized spacial score (nSPS) is 17.9. The lowest BCUT2D eigenvalue weighted by atomic mass is 9.94. The van der Waals surface area contributed by atoms with Crippen molar-refractivity contribution in [2.75, 3.05) is 60.8 Å². The van der Waals surface area contributed by atoms with E-state index in [0.29, 0.717) is 96.3 Å². The Kier molecular flexibility index (Phi) is 31.3. The molecule has 0 radical (unpaired) electrons. The first-order chi connectivity index (χ1) is 40.9. The van der Waals surface area contributed by atoms with Crippen LogP contribution >= 0.6 is 11.6 Å². The van der Waals surface area contributed by atoms with Crippen LogP contribution in [0.4, 0.5) is 0 Å². The van der Waals surface area contributed by atoms with Crippen LogP contribution in [0.15, 0.2) is 119 Å². The molecule has 85 heavy (non-hydrogen) atoms. The van der Waals surface area contributed by atoms with E-state index in [0.717, 1.165) is 83.0 Å². The van der Waals surface area contributed by atoms with Gasteiger partial charge >= 0.3 is 17.9 Å². The number of benzene rings is 3. The summed E-state index contributed by atoms with van der Waals surface area (Å²) in [4.78, 5) is 87.8. The Hall–Kier alpha value is -8.38. The highest BCUT2D eigenvalue weighted by Gasteiger charge is 2.23. The molecule has 3 heterocycles. The third-order valence-corrected chi connectivity index (χ3v) is 13.6. The molecule has 0 aromatic heterocycles. The van der Waals surface area contributed by atoms with Gasteiger partial charge in [-0.15, -0.1) is 0 Å². The van der Waals surface area contributed by atoms with Gasteiger partial charge in [0.15, 0.2) is 19.8 Å². The molecule has 3 N–H and O–H groups in total. The van der Waals surface area contributed by atoms with Crippen molar-refractivity contribution in [2.45, 2.75) is 119 Å². The van der Waals surface area contributed by atoms with Crippen molar-refractivity contribution < 1.29 is 57.5 Å². The zero-order valence-corrected chi connectivity index (χ0v) is 51.4. The van der Waals surface area contributed by atoms with E-state index in [1.807, 2.05) is 127 Å². The van der Waals surface area contributed by atoms with Gasteiger partial charge in [-0.1, -0.05) is 123 Å². The van der Waals surface area contributed by atoms with E-state index in [2.05, 4.69) is 49.6 Å². The predicted molar refractivity (Wildman–Crippen MR) is 333 cm³/mol. The zero-order chi connectivity index (χ0) is 61.9. The third kappa shape index (κ3) is 25.2. The molecule has 0 bridgehead atoms. The van der Waals surface area contributed by atoms with Gasteiger partial charge < -0.3 is 44.7 Å². The minimum atomic E-state index is -0.403. The average Bonchev–Trinajstić information content (AvgIpc) is 3.67. The molecule has 18 nitrogen and oxygen atoms in total. The minimum absolute atomic E-state index is 0.154. The number of amides is 3. The second-order valence-corrected chi connectivity index (χ2v) is 20.5. The van der Waals surface area contributed by atoms with E-state index in [1.165, 1.54) is 7.05 Å². The first-order valence-corrected chi connectivity index (χ1v) is 29.0. The average molecular weight is 1190 g/mol. The Morgan fingerprint density at radius 1 is 0.435 bits per heavy atom. The van der Waals surface area contributed by atoms with Gasteiger partial charge in [-0.2, -0.15) is 0 Å². The Morgan fingerprint density at radius 3 is 1.12 bits per heavy atom. The lowest BCUT2D eigenvalue weighted by Gasteiger charge is -2.16. The van der Waals surface area contributed by atoms with E-state index < -0.39 is 5.97 Å². The van der Waals surface area contributed by atoms with Crippen LogP contribution in [0.5, 0.6) is 0 Å². The van der Waals surface area contributed by atoms with Crippen molar-refractivity contribution in [1.82, 2.24) is 16.0 Å². The maximum Gasteiger partial charge on any atom is 0.338 e. The van der Waals surface area contributed by atoms with Gasteiger partial charge in [0.05, 0.1) is 53.6 Å². The van der Waals surface area contributed by atoms with Gasteiger partial charge in [-0.3, -0.25) is 14.4 Å². The molecular weight excluding hydrogens is 1100 g/mol. The molecule has 0 saturated carbocycles. The number of nitrogens with one attached hydrogen (secondary N) is 3. The van der Waals surface area contributed by atoms with E-state index >= 15 is 0 Å².